The van der Waals surface area contributed by atoms with E-state index >= 15 is 0 Å². The van der Waals surface area contributed by atoms with Crippen molar-refractivity contribution in [2.45, 2.75) is 10.9 Å². The van der Waals surface area contributed by atoms with Crippen molar-refractivity contribution in [2.75, 3.05) is 32.4 Å². The Morgan fingerprint density at radius 3 is 2.53 bits per heavy atom. The van der Waals surface area contributed by atoms with E-state index in [1.54, 1.807) is 21.3 Å². The minimum atomic E-state index is -0.0933. The van der Waals surface area contributed by atoms with Gasteiger partial charge in [-0.25, -0.2) is 0 Å². The van der Waals surface area contributed by atoms with Crippen LogP contribution in [0.5, 0.6) is 17.2 Å². The van der Waals surface area contributed by atoms with Gasteiger partial charge in [-0.3, -0.25) is 4.79 Å². The van der Waals surface area contributed by atoms with Gasteiger partial charge in [0.15, 0.2) is 15.8 Å². The van der Waals surface area contributed by atoms with Gasteiger partial charge < -0.3 is 24.8 Å². The van der Waals surface area contributed by atoms with Crippen LogP contribution in [0.2, 0.25) is 0 Å². The third kappa shape index (κ3) is 5.77. The molecule has 0 saturated carbocycles. The molecule has 0 atom stereocenters. The number of benzene rings is 2. The van der Waals surface area contributed by atoms with Gasteiger partial charge in [0.1, 0.15) is 5.75 Å². The van der Waals surface area contributed by atoms with Crippen LogP contribution in [0.4, 0.5) is 10.8 Å². The molecule has 0 aliphatic carbocycles. The van der Waals surface area contributed by atoms with E-state index in [2.05, 4.69) is 20.8 Å². The zero-order valence-electron chi connectivity index (χ0n) is 16.8. The normalized spacial score (nSPS) is 10.4. The third-order valence-corrected chi connectivity index (χ3v) is 5.99. The van der Waals surface area contributed by atoms with Gasteiger partial charge >= 0.3 is 0 Å². The van der Waals surface area contributed by atoms with Gasteiger partial charge in [-0.2, -0.15) is 0 Å². The molecular weight excluding hydrogens is 424 g/mol. The molecular formula is C20H22N4O4S2. The van der Waals surface area contributed by atoms with E-state index in [1.807, 2.05) is 42.5 Å². The second kappa shape index (κ2) is 10.7. The van der Waals surface area contributed by atoms with E-state index in [0.29, 0.717) is 27.5 Å². The standard InChI is InChI=1S/C20H22N4O4S2/c1-26-15-7-5-4-6-14(15)22-19-23-24-20(30-19)29-12-18(25)21-11-13-8-9-16(27-2)17(10-13)28-3/h4-10H,11-12H2,1-3H3,(H,21,25)(H,22,23). The fourth-order valence-electron chi connectivity index (χ4n) is 2.55. The van der Waals surface area contributed by atoms with Crippen LogP contribution in [0.15, 0.2) is 46.8 Å². The summed E-state index contributed by atoms with van der Waals surface area (Å²) in [6.45, 7) is 0.399. The van der Waals surface area contributed by atoms with Crippen molar-refractivity contribution in [3.05, 3.63) is 48.0 Å². The smallest absolute Gasteiger partial charge is 0.230 e. The second-order valence-electron chi connectivity index (χ2n) is 5.95. The summed E-state index contributed by atoms with van der Waals surface area (Å²) < 4.78 is 16.5. The molecule has 158 valence electrons. The molecule has 3 aromatic rings. The predicted molar refractivity (Wildman–Crippen MR) is 118 cm³/mol. The minimum Gasteiger partial charge on any atom is -0.495 e. The van der Waals surface area contributed by atoms with E-state index in [1.165, 1.54) is 23.1 Å². The Balaban J connectivity index is 1.48. The van der Waals surface area contributed by atoms with Crippen LogP contribution in [0.25, 0.3) is 0 Å². The summed E-state index contributed by atoms with van der Waals surface area (Å²) >= 11 is 2.71. The molecule has 0 spiro atoms. The topological polar surface area (TPSA) is 94.6 Å². The highest BCUT2D eigenvalue weighted by atomic mass is 32.2. The van der Waals surface area contributed by atoms with Gasteiger partial charge in [0.25, 0.3) is 0 Å². The molecule has 10 heteroatoms. The fourth-order valence-corrected chi connectivity index (χ4v) is 4.15. The second-order valence-corrected chi connectivity index (χ2v) is 8.15. The molecule has 0 radical (unpaired) electrons. The van der Waals surface area contributed by atoms with Crippen LogP contribution in [0, 0.1) is 0 Å². The first kappa shape index (κ1) is 21.7. The maximum Gasteiger partial charge on any atom is 0.230 e. The first-order valence-corrected chi connectivity index (χ1v) is 10.8. The van der Waals surface area contributed by atoms with Crippen LogP contribution in [0.1, 0.15) is 5.56 Å². The predicted octanol–water partition coefficient (Wildman–Crippen LogP) is 3.72. The number of thioether (sulfide) groups is 1. The van der Waals surface area contributed by atoms with Crippen molar-refractivity contribution >= 4 is 39.8 Å². The molecule has 0 fully saturated rings. The molecule has 8 nitrogen and oxygen atoms in total. The number of carbonyl (C=O) groups is 1. The van der Waals surface area contributed by atoms with E-state index in [4.69, 9.17) is 14.2 Å². The Bertz CT molecular complexity index is 996. The van der Waals surface area contributed by atoms with Crippen molar-refractivity contribution in [3.8, 4) is 17.2 Å². The molecule has 1 heterocycles. The lowest BCUT2D eigenvalue weighted by Crippen LogP contribution is -2.24. The Hall–Kier alpha value is -2.98. The van der Waals surface area contributed by atoms with Crippen LogP contribution in [-0.2, 0) is 11.3 Å². The highest BCUT2D eigenvalue weighted by Crippen LogP contribution is 2.31. The molecule has 0 unspecified atom stereocenters. The number of nitrogens with zero attached hydrogens (tertiary/aromatic N) is 2. The molecule has 0 aliphatic rings. The molecule has 1 amide bonds. The third-order valence-electron chi connectivity index (χ3n) is 4.02. The number of nitrogens with one attached hydrogen (secondary N) is 2. The number of methoxy groups -OCH3 is 3. The van der Waals surface area contributed by atoms with Crippen molar-refractivity contribution in [1.29, 1.82) is 0 Å². The van der Waals surface area contributed by atoms with Crippen LogP contribution >= 0.6 is 23.1 Å². The molecule has 0 bridgehead atoms. The van der Waals surface area contributed by atoms with Gasteiger partial charge in [0, 0.05) is 6.54 Å². The number of hydrogen-bond donors (Lipinski definition) is 2. The van der Waals surface area contributed by atoms with Gasteiger partial charge in [-0.05, 0) is 29.8 Å². The first-order valence-electron chi connectivity index (χ1n) is 8.97. The number of amides is 1. The number of hydrogen-bond acceptors (Lipinski definition) is 9. The summed E-state index contributed by atoms with van der Waals surface area (Å²) in [6, 6.07) is 13.1. The average Bonchev–Trinajstić information content (AvgIpc) is 3.23. The summed E-state index contributed by atoms with van der Waals surface area (Å²) in [4.78, 5) is 12.2. The molecule has 2 N–H and O–H groups in total. The van der Waals surface area contributed by atoms with Crippen LogP contribution in [-0.4, -0.2) is 43.2 Å². The summed E-state index contributed by atoms with van der Waals surface area (Å²) in [7, 11) is 4.78. The molecule has 30 heavy (non-hydrogen) atoms. The number of ether oxygens (including phenoxy) is 3. The summed E-state index contributed by atoms with van der Waals surface area (Å²) in [5.74, 6) is 2.15. The van der Waals surface area contributed by atoms with Crippen molar-refractivity contribution in [2.24, 2.45) is 0 Å². The van der Waals surface area contributed by atoms with E-state index < -0.39 is 0 Å². The van der Waals surface area contributed by atoms with Crippen molar-refractivity contribution in [3.63, 3.8) is 0 Å². The molecule has 0 saturated heterocycles. The molecule has 0 aliphatic heterocycles. The summed E-state index contributed by atoms with van der Waals surface area (Å²) in [5.41, 5.74) is 1.73. The number of rotatable bonds is 10. The lowest BCUT2D eigenvalue weighted by atomic mass is 10.2. The largest absolute Gasteiger partial charge is 0.495 e. The van der Waals surface area contributed by atoms with E-state index in [9.17, 15) is 4.79 Å². The van der Waals surface area contributed by atoms with Crippen LogP contribution < -0.4 is 24.8 Å². The number of carbonyl (C=O) groups excluding carboxylic acids is 1. The van der Waals surface area contributed by atoms with Gasteiger partial charge in [0.05, 0.1) is 32.8 Å². The summed E-state index contributed by atoms with van der Waals surface area (Å²) in [6.07, 6.45) is 0. The van der Waals surface area contributed by atoms with Gasteiger partial charge in [0.2, 0.25) is 11.0 Å². The maximum atomic E-state index is 12.2. The van der Waals surface area contributed by atoms with Crippen LogP contribution in [0.3, 0.4) is 0 Å². The zero-order chi connectivity index (χ0) is 21.3. The first-order chi connectivity index (χ1) is 14.6. The number of aromatic nitrogens is 2. The number of para-hydroxylation sites is 2. The Morgan fingerprint density at radius 2 is 1.77 bits per heavy atom. The SMILES string of the molecule is COc1ccccc1Nc1nnc(SCC(=O)NCc2ccc(OC)c(OC)c2)s1. The van der Waals surface area contributed by atoms with E-state index in [-0.39, 0.29) is 11.7 Å². The zero-order valence-corrected chi connectivity index (χ0v) is 18.4. The molecule has 2 aromatic carbocycles. The Morgan fingerprint density at radius 1 is 1.00 bits per heavy atom. The molecule has 1 aromatic heterocycles. The highest BCUT2D eigenvalue weighted by Gasteiger charge is 2.11. The number of anilines is 2. The Labute approximate surface area is 183 Å². The van der Waals surface area contributed by atoms with Gasteiger partial charge in [-0.1, -0.05) is 41.3 Å². The van der Waals surface area contributed by atoms with Crippen molar-refractivity contribution in [1.82, 2.24) is 15.5 Å². The quantitative estimate of drug-likeness (QED) is 0.455. The average molecular weight is 447 g/mol. The Kier molecular flexibility index (Phi) is 7.75. The fraction of sp³-hybridized carbons (Fsp3) is 0.250. The lowest BCUT2D eigenvalue weighted by molar-refractivity contribution is -0.118. The monoisotopic (exact) mass is 446 g/mol. The maximum absolute atomic E-state index is 12.2. The van der Waals surface area contributed by atoms with Crippen molar-refractivity contribution < 1.29 is 19.0 Å². The van der Waals surface area contributed by atoms with Gasteiger partial charge in [-0.15, -0.1) is 10.2 Å². The minimum absolute atomic E-state index is 0.0933. The summed E-state index contributed by atoms with van der Waals surface area (Å²) in [5, 5.41) is 14.9. The van der Waals surface area contributed by atoms with E-state index in [0.717, 1.165) is 17.0 Å². The lowest BCUT2D eigenvalue weighted by Gasteiger charge is -2.10. The molecule has 3 rings (SSSR count). The highest BCUT2D eigenvalue weighted by molar-refractivity contribution is 8.01.